The molecule has 174 valence electrons. The summed E-state index contributed by atoms with van der Waals surface area (Å²) in [7, 11) is 0. The molecular weight excluding hydrogens is 566 g/mol. The van der Waals surface area contributed by atoms with Gasteiger partial charge in [-0.2, -0.15) is 13.2 Å². The number of halogens is 5. The lowest BCUT2D eigenvalue weighted by atomic mass is 9.73. The number of amides is 1. The summed E-state index contributed by atoms with van der Waals surface area (Å²) in [4.78, 5) is 26.2. The van der Waals surface area contributed by atoms with Crippen LogP contribution in [0.15, 0.2) is 48.5 Å². The number of alkyl halides is 3. The highest BCUT2D eigenvalue weighted by Gasteiger charge is 2.47. The van der Waals surface area contributed by atoms with E-state index in [1.165, 1.54) is 30.4 Å². The van der Waals surface area contributed by atoms with E-state index in [-0.39, 0.29) is 26.6 Å². The van der Waals surface area contributed by atoms with Crippen molar-refractivity contribution in [2.45, 2.75) is 43.2 Å². The molecule has 1 unspecified atom stereocenters. The molecule has 1 spiro atoms. The summed E-state index contributed by atoms with van der Waals surface area (Å²) in [6.45, 7) is 0.972. The minimum Gasteiger partial charge on any atom is -0.339 e. The van der Waals surface area contributed by atoms with Gasteiger partial charge >= 0.3 is 6.18 Å². The third-order valence-electron chi connectivity index (χ3n) is 6.76. The summed E-state index contributed by atoms with van der Waals surface area (Å²) in [6, 6.07) is 11.0. The molecule has 1 aliphatic carbocycles. The summed E-state index contributed by atoms with van der Waals surface area (Å²) >= 11 is 8.42. The van der Waals surface area contributed by atoms with E-state index in [9.17, 15) is 22.8 Å². The maximum Gasteiger partial charge on any atom is 0.416 e. The van der Waals surface area contributed by atoms with E-state index in [2.05, 4.69) is 0 Å². The smallest absolute Gasteiger partial charge is 0.339 e. The highest BCUT2D eigenvalue weighted by atomic mass is 127. The number of piperidine rings is 1. The lowest BCUT2D eigenvalue weighted by Crippen LogP contribution is -2.44. The summed E-state index contributed by atoms with van der Waals surface area (Å²) in [5, 5.41) is 0.694. The Kier molecular flexibility index (Phi) is 6.92. The fourth-order valence-electron chi connectivity index (χ4n) is 5.28. The monoisotopic (exact) mass is 587 g/mol. The Labute approximate surface area is 209 Å². The molecule has 1 atom stereocenters. The van der Waals surface area contributed by atoms with Crippen LogP contribution in [-0.2, 0) is 21.2 Å². The lowest BCUT2D eigenvalue weighted by molar-refractivity contribution is -0.137. The van der Waals surface area contributed by atoms with Crippen LogP contribution in [0.1, 0.15) is 53.9 Å². The molecule has 1 saturated heterocycles. The van der Waals surface area contributed by atoms with Gasteiger partial charge in [-0.3, -0.25) is 9.59 Å². The van der Waals surface area contributed by atoms with Crippen molar-refractivity contribution < 1.29 is 22.8 Å². The van der Waals surface area contributed by atoms with Gasteiger partial charge in [0.15, 0.2) is 3.79 Å². The van der Waals surface area contributed by atoms with Crippen LogP contribution >= 0.6 is 34.2 Å². The number of carbonyl (C=O) groups excluding carboxylic acids is 2. The molecule has 0 saturated carbocycles. The van der Waals surface area contributed by atoms with Crippen LogP contribution in [-0.4, -0.2) is 27.7 Å². The maximum absolute atomic E-state index is 13.2. The average Bonchev–Trinajstić information content (AvgIpc) is 3.05. The molecule has 3 nitrogen and oxygen atoms in total. The SMILES string of the molecule is O=C(I)CC1CC2(CCN(C(=O)/C=C/c3ccccc3C(F)(F)F)CC2)c2c(Cl)cccc21. The summed E-state index contributed by atoms with van der Waals surface area (Å²) in [5.74, 6) is -0.192. The second kappa shape index (κ2) is 9.41. The predicted octanol–water partition coefficient (Wildman–Crippen LogP) is 6.77. The van der Waals surface area contributed by atoms with Gasteiger partial charge in [0.25, 0.3) is 0 Å². The largest absolute Gasteiger partial charge is 0.416 e. The van der Waals surface area contributed by atoms with Gasteiger partial charge in [-0.25, -0.2) is 0 Å². The second-order valence-corrected chi connectivity index (χ2v) is 10.3. The Hall–Kier alpha value is -1.87. The maximum atomic E-state index is 13.2. The highest BCUT2D eigenvalue weighted by Crippen LogP contribution is 2.55. The van der Waals surface area contributed by atoms with Gasteiger partial charge in [-0.15, -0.1) is 0 Å². The van der Waals surface area contributed by atoms with Gasteiger partial charge in [0, 0.05) is 36.0 Å². The fraction of sp³-hybridized carbons (Fsp3) is 0.360. The van der Waals surface area contributed by atoms with Gasteiger partial charge < -0.3 is 4.90 Å². The predicted molar refractivity (Wildman–Crippen MR) is 130 cm³/mol. The van der Waals surface area contributed by atoms with Crippen LogP contribution in [0.25, 0.3) is 6.08 Å². The van der Waals surface area contributed by atoms with Gasteiger partial charge in [-0.05, 0) is 82.7 Å². The third kappa shape index (κ3) is 4.99. The van der Waals surface area contributed by atoms with Gasteiger partial charge in [0.2, 0.25) is 5.91 Å². The molecule has 2 aromatic rings. The Morgan fingerprint density at radius 2 is 1.82 bits per heavy atom. The van der Waals surface area contributed by atoms with Crippen LogP contribution in [0.4, 0.5) is 13.2 Å². The Morgan fingerprint density at radius 3 is 2.48 bits per heavy atom. The molecule has 0 N–H and O–H groups in total. The molecular formula is C25H22ClF3INO2. The molecule has 1 aliphatic heterocycles. The molecule has 0 aromatic heterocycles. The number of fused-ring (bicyclic) bond motifs is 2. The topological polar surface area (TPSA) is 37.4 Å². The Balaban J connectivity index is 1.49. The molecule has 2 aliphatic rings. The van der Waals surface area contributed by atoms with E-state index in [1.54, 1.807) is 4.90 Å². The number of hydrogen-bond donors (Lipinski definition) is 0. The van der Waals surface area contributed by atoms with Crippen molar-refractivity contribution in [3.8, 4) is 0 Å². The summed E-state index contributed by atoms with van der Waals surface area (Å²) in [5.41, 5.74) is 1.23. The second-order valence-electron chi connectivity index (χ2n) is 8.69. The first-order chi connectivity index (χ1) is 15.6. The van der Waals surface area contributed by atoms with Crippen molar-refractivity contribution in [1.29, 1.82) is 0 Å². The van der Waals surface area contributed by atoms with Crippen LogP contribution in [0.3, 0.4) is 0 Å². The lowest BCUT2D eigenvalue weighted by Gasteiger charge is -2.40. The van der Waals surface area contributed by atoms with Gasteiger partial charge in [0.05, 0.1) is 5.56 Å². The van der Waals surface area contributed by atoms with E-state index in [0.29, 0.717) is 37.4 Å². The van der Waals surface area contributed by atoms with Crippen molar-refractivity contribution in [3.63, 3.8) is 0 Å². The summed E-state index contributed by atoms with van der Waals surface area (Å²) in [6.07, 6.45) is 0.654. The highest BCUT2D eigenvalue weighted by molar-refractivity contribution is 14.1. The zero-order chi connectivity index (χ0) is 23.8. The first-order valence-corrected chi connectivity index (χ1v) is 12.2. The van der Waals surface area contributed by atoms with Crippen molar-refractivity contribution in [2.24, 2.45) is 0 Å². The van der Waals surface area contributed by atoms with E-state index < -0.39 is 11.7 Å². The van der Waals surface area contributed by atoms with Crippen LogP contribution in [0, 0.1) is 0 Å². The van der Waals surface area contributed by atoms with E-state index in [0.717, 1.165) is 23.6 Å². The first-order valence-electron chi connectivity index (χ1n) is 10.7. The normalized spacial score (nSPS) is 19.8. The molecule has 2 aromatic carbocycles. The number of hydrogen-bond acceptors (Lipinski definition) is 2. The van der Waals surface area contributed by atoms with E-state index >= 15 is 0 Å². The first kappa shape index (κ1) is 24.3. The molecule has 8 heteroatoms. The van der Waals surface area contributed by atoms with Crippen molar-refractivity contribution in [3.05, 3.63) is 75.8 Å². The summed E-state index contributed by atoms with van der Waals surface area (Å²) < 4.78 is 39.7. The molecule has 33 heavy (non-hydrogen) atoms. The fourth-order valence-corrected chi connectivity index (χ4v) is 6.19. The molecule has 1 heterocycles. The zero-order valence-corrected chi connectivity index (χ0v) is 20.6. The Bertz CT molecular complexity index is 1110. The molecule has 0 bridgehead atoms. The average molecular weight is 588 g/mol. The number of nitrogens with zero attached hydrogens (tertiary/aromatic N) is 1. The molecule has 1 fully saturated rings. The zero-order valence-electron chi connectivity index (χ0n) is 17.7. The van der Waals surface area contributed by atoms with Crippen LogP contribution < -0.4 is 0 Å². The minimum absolute atomic E-state index is 0.0327. The number of benzene rings is 2. The standard InChI is InChI=1S/C25H22ClF3INO2/c26-20-7-3-5-18-17(14-21(30)32)15-24(23(18)20)10-12-31(13-11-24)22(33)9-8-16-4-1-2-6-19(16)25(27,28)29/h1-9,17H,10-15H2/b9-8+. The number of likely N-dealkylation sites (tertiary alicyclic amines) is 1. The van der Waals surface area contributed by atoms with E-state index in [1.807, 2.05) is 40.8 Å². The van der Waals surface area contributed by atoms with Crippen LogP contribution in [0.2, 0.25) is 5.02 Å². The molecule has 0 radical (unpaired) electrons. The van der Waals surface area contributed by atoms with Crippen molar-refractivity contribution >= 4 is 50.0 Å². The van der Waals surface area contributed by atoms with Crippen molar-refractivity contribution in [1.82, 2.24) is 4.90 Å². The van der Waals surface area contributed by atoms with Crippen molar-refractivity contribution in [2.75, 3.05) is 13.1 Å². The third-order valence-corrected chi connectivity index (χ3v) is 7.52. The quantitative estimate of drug-likeness (QED) is 0.225. The molecule has 1 amide bonds. The van der Waals surface area contributed by atoms with Gasteiger partial charge in [0.1, 0.15) is 0 Å². The number of carbonyl (C=O) groups is 2. The van der Waals surface area contributed by atoms with Gasteiger partial charge in [-0.1, -0.05) is 41.9 Å². The Morgan fingerprint density at radius 1 is 1.12 bits per heavy atom. The van der Waals surface area contributed by atoms with Crippen LogP contribution in [0.5, 0.6) is 0 Å². The number of rotatable bonds is 4. The minimum atomic E-state index is -4.48. The molecule has 4 rings (SSSR count). The van der Waals surface area contributed by atoms with E-state index in [4.69, 9.17) is 11.6 Å².